The number of nitrogens with zero attached hydrogens (tertiary/aromatic N) is 1. The molecule has 24 heavy (non-hydrogen) atoms. The Morgan fingerprint density at radius 2 is 1.71 bits per heavy atom. The number of hydrogen-bond donors (Lipinski definition) is 2. The Kier molecular flexibility index (Phi) is 5.62. The lowest BCUT2D eigenvalue weighted by Gasteiger charge is -2.29. The van der Waals surface area contributed by atoms with E-state index in [1.54, 1.807) is 0 Å². The highest BCUT2D eigenvalue weighted by Gasteiger charge is 2.17. The second kappa shape index (κ2) is 8.08. The Labute approximate surface area is 143 Å². The molecule has 0 spiro atoms. The maximum absolute atomic E-state index is 12.3. The molecule has 1 fully saturated rings. The fourth-order valence-corrected chi connectivity index (χ4v) is 3.08. The van der Waals surface area contributed by atoms with Crippen molar-refractivity contribution in [2.24, 2.45) is 0 Å². The van der Waals surface area contributed by atoms with Crippen molar-refractivity contribution in [2.45, 2.75) is 25.4 Å². The van der Waals surface area contributed by atoms with E-state index in [0.717, 1.165) is 49.3 Å². The van der Waals surface area contributed by atoms with Gasteiger partial charge < -0.3 is 15.3 Å². The van der Waals surface area contributed by atoms with Gasteiger partial charge in [0.25, 0.3) is 0 Å². The van der Waals surface area contributed by atoms with Crippen molar-refractivity contribution in [3.05, 3.63) is 54.6 Å². The largest absolute Gasteiger partial charge is 0.393 e. The normalized spacial score (nSPS) is 16.0. The average molecular weight is 324 g/mol. The number of piperidine rings is 1. The van der Waals surface area contributed by atoms with Gasteiger partial charge in [0, 0.05) is 37.3 Å². The lowest BCUT2D eigenvalue weighted by Crippen LogP contribution is -2.37. The predicted molar refractivity (Wildman–Crippen MR) is 96.8 cm³/mol. The summed E-state index contributed by atoms with van der Waals surface area (Å²) in [6.45, 7) is 2.48. The molecule has 0 aliphatic carbocycles. The summed E-state index contributed by atoms with van der Waals surface area (Å²) in [6, 6.07) is 18.0. The summed E-state index contributed by atoms with van der Waals surface area (Å²) in [5, 5.41) is 12.6. The third-order valence-corrected chi connectivity index (χ3v) is 4.50. The summed E-state index contributed by atoms with van der Waals surface area (Å²) in [4.78, 5) is 14.6. The number of hydrogen-bond acceptors (Lipinski definition) is 3. The molecule has 2 N–H and O–H groups in total. The van der Waals surface area contributed by atoms with Crippen LogP contribution in [-0.2, 0) is 4.79 Å². The van der Waals surface area contributed by atoms with Gasteiger partial charge in [0.1, 0.15) is 0 Å². The Balaban J connectivity index is 1.59. The number of aliphatic hydroxyl groups excluding tert-OH is 1. The molecule has 0 unspecified atom stereocenters. The molecular weight excluding hydrogens is 300 g/mol. The van der Waals surface area contributed by atoms with Crippen LogP contribution in [0.3, 0.4) is 0 Å². The van der Waals surface area contributed by atoms with Gasteiger partial charge in [-0.15, -0.1) is 0 Å². The quantitative estimate of drug-likeness (QED) is 0.888. The number of benzene rings is 2. The molecule has 2 aromatic carbocycles. The number of aliphatic hydroxyl groups is 1. The molecule has 2 aromatic rings. The van der Waals surface area contributed by atoms with Gasteiger partial charge in [0.15, 0.2) is 0 Å². The van der Waals surface area contributed by atoms with E-state index in [0.29, 0.717) is 6.42 Å². The van der Waals surface area contributed by atoms with Gasteiger partial charge in [-0.2, -0.15) is 0 Å². The van der Waals surface area contributed by atoms with Gasteiger partial charge >= 0.3 is 0 Å². The zero-order valence-corrected chi connectivity index (χ0v) is 13.8. The molecule has 3 rings (SSSR count). The number of rotatable bonds is 5. The minimum atomic E-state index is -0.173. The molecule has 1 aliphatic rings. The first kappa shape index (κ1) is 16.7. The number of para-hydroxylation sites is 1. The summed E-state index contributed by atoms with van der Waals surface area (Å²) in [6.07, 6.45) is 1.91. The third kappa shape index (κ3) is 4.43. The molecule has 4 nitrogen and oxygen atoms in total. The van der Waals surface area contributed by atoms with Crippen LogP contribution < -0.4 is 5.32 Å². The number of likely N-dealkylation sites (tertiary alicyclic amines) is 1. The van der Waals surface area contributed by atoms with Crippen LogP contribution in [-0.4, -0.2) is 41.7 Å². The molecule has 0 aromatic heterocycles. The molecule has 126 valence electrons. The van der Waals surface area contributed by atoms with Crippen LogP contribution in [0.5, 0.6) is 0 Å². The minimum Gasteiger partial charge on any atom is -0.393 e. The zero-order valence-electron chi connectivity index (χ0n) is 13.8. The van der Waals surface area contributed by atoms with Gasteiger partial charge in [-0.1, -0.05) is 48.5 Å². The van der Waals surface area contributed by atoms with Crippen LogP contribution in [0.2, 0.25) is 0 Å². The number of nitrogens with one attached hydrogen (secondary N) is 1. The molecule has 1 heterocycles. The van der Waals surface area contributed by atoms with E-state index < -0.39 is 0 Å². The standard InChI is InChI=1S/C20H24N2O2/c23-17-10-13-22(14-11-17)15-12-20(24)21-19-9-5-4-8-18(19)16-6-2-1-3-7-16/h1-9,17,23H,10-15H2,(H,21,24). The molecule has 4 heteroatoms. The lowest BCUT2D eigenvalue weighted by atomic mass is 10.0. The monoisotopic (exact) mass is 324 g/mol. The van der Waals surface area contributed by atoms with E-state index in [1.807, 2.05) is 54.6 Å². The SMILES string of the molecule is O=C(CCN1CCC(O)CC1)Nc1ccccc1-c1ccccc1. The topological polar surface area (TPSA) is 52.6 Å². The van der Waals surface area contributed by atoms with Gasteiger partial charge in [-0.3, -0.25) is 4.79 Å². The fraction of sp³-hybridized carbons (Fsp3) is 0.350. The first-order valence-corrected chi connectivity index (χ1v) is 8.57. The molecule has 0 saturated carbocycles. The van der Waals surface area contributed by atoms with E-state index in [1.165, 1.54) is 0 Å². The fourth-order valence-electron chi connectivity index (χ4n) is 3.08. The third-order valence-electron chi connectivity index (χ3n) is 4.50. The van der Waals surface area contributed by atoms with Crippen LogP contribution in [0.15, 0.2) is 54.6 Å². The number of amides is 1. The van der Waals surface area contributed by atoms with E-state index in [4.69, 9.17) is 0 Å². The van der Waals surface area contributed by atoms with Crippen molar-refractivity contribution in [2.75, 3.05) is 25.0 Å². The highest BCUT2D eigenvalue weighted by Crippen LogP contribution is 2.27. The number of anilines is 1. The van der Waals surface area contributed by atoms with E-state index in [9.17, 15) is 9.90 Å². The minimum absolute atomic E-state index is 0.0319. The van der Waals surface area contributed by atoms with Crippen molar-refractivity contribution in [3.63, 3.8) is 0 Å². The molecule has 1 amide bonds. The average Bonchev–Trinajstić information content (AvgIpc) is 2.62. The van der Waals surface area contributed by atoms with E-state index in [2.05, 4.69) is 10.2 Å². The highest BCUT2D eigenvalue weighted by atomic mass is 16.3. The highest BCUT2D eigenvalue weighted by molar-refractivity contribution is 5.95. The summed E-state index contributed by atoms with van der Waals surface area (Å²) in [7, 11) is 0. The Morgan fingerprint density at radius 3 is 2.46 bits per heavy atom. The van der Waals surface area contributed by atoms with Gasteiger partial charge in [-0.05, 0) is 24.5 Å². The zero-order chi connectivity index (χ0) is 16.8. The maximum Gasteiger partial charge on any atom is 0.225 e. The summed E-state index contributed by atoms with van der Waals surface area (Å²) < 4.78 is 0. The van der Waals surface area contributed by atoms with Gasteiger partial charge in [0.05, 0.1) is 6.10 Å². The molecular formula is C20H24N2O2. The van der Waals surface area contributed by atoms with Crippen molar-refractivity contribution in [1.82, 2.24) is 4.90 Å². The van der Waals surface area contributed by atoms with E-state index in [-0.39, 0.29) is 12.0 Å². The molecule has 0 atom stereocenters. The van der Waals surface area contributed by atoms with Gasteiger partial charge in [-0.25, -0.2) is 0 Å². The van der Waals surface area contributed by atoms with Crippen molar-refractivity contribution >= 4 is 11.6 Å². The second-order valence-corrected chi connectivity index (χ2v) is 6.28. The predicted octanol–water partition coefficient (Wildman–Crippen LogP) is 3.14. The van der Waals surface area contributed by atoms with Crippen molar-refractivity contribution in [1.29, 1.82) is 0 Å². The van der Waals surface area contributed by atoms with Crippen LogP contribution in [0.25, 0.3) is 11.1 Å². The molecule has 1 aliphatic heterocycles. The summed E-state index contributed by atoms with van der Waals surface area (Å²) in [5.74, 6) is 0.0319. The van der Waals surface area contributed by atoms with Crippen LogP contribution in [0.4, 0.5) is 5.69 Å². The molecule has 0 bridgehead atoms. The van der Waals surface area contributed by atoms with Crippen LogP contribution in [0.1, 0.15) is 19.3 Å². The molecule has 0 radical (unpaired) electrons. The van der Waals surface area contributed by atoms with Crippen molar-refractivity contribution in [3.8, 4) is 11.1 Å². The smallest absolute Gasteiger partial charge is 0.225 e. The van der Waals surface area contributed by atoms with Crippen molar-refractivity contribution < 1.29 is 9.90 Å². The first-order valence-electron chi connectivity index (χ1n) is 8.57. The Hall–Kier alpha value is -2.17. The van der Waals surface area contributed by atoms with Crippen LogP contribution >= 0.6 is 0 Å². The number of carbonyl (C=O) groups excluding carboxylic acids is 1. The van der Waals surface area contributed by atoms with Crippen LogP contribution in [0, 0.1) is 0 Å². The second-order valence-electron chi connectivity index (χ2n) is 6.28. The van der Waals surface area contributed by atoms with Gasteiger partial charge in [0.2, 0.25) is 5.91 Å². The lowest BCUT2D eigenvalue weighted by molar-refractivity contribution is -0.116. The van der Waals surface area contributed by atoms with E-state index >= 15 is 0 Å². The number of carbonyl (C=O) groups is 1. The Bertz CT molecular complexity index is 664. The first-order chi connectivity index (χ1) is 11.7. The molecule has 1 saturated heterocycles. The summed E-state index contributed by atoms with van der Waals surface area (Å²) in [5.41, 5.74) is 2.98. The Morgan fingerprint density at radius 1 is 1.04 bits per heavy atom. The summed E-state index contributed by atoms with van der Waals surface area (Å²) >= 11 is 0. The maximum atomic E-state index is 12.3.